The summed E-state index contributed by atoms with van der Waals surface area (Å²) in [6, 6.07) is 12.8. The fourth-order valence-corrected chi connectivity index (χ4v) is 9.30. The van der Waals surface area contributed by atoms with E-state index in [9.17, 15) is 8.42 Å². The molecule has 0 unspecified atom stereocenters. The van der Waals surface area contributed by atoms with Crippen molar-refractivity contribution in [1.29, 1.82) is 0 Å². The lowest BCUT2D eigenvalue weighted by molar-refractivity contribution is 0.160. The van der Waals surface area contributed by atoms with E-state index in [1.54, 1.807) is 22.5 Å². The number of sulfonamides is 1. The van der Waals surface area contributed by atoms with Gasteiger partial charge in [-0.15, -0.1) is 0 Å². The smallest absolute Gasteiger partial charge is 0.248 e. The molecule has 10 heteroatoms. The Balaban J connectivity index is 1.88. The molecule has 0 radical (unpaired) electrons. The Morgan fingerprint density at radius 2 is 1.69 bits per heavy atom. The molecule has 4 rings (SSSR count). The topological polar surface area (TPSA) is 55.8 Å². The number of benzene rings is 2. The number of hydrogen-bond acceptors (Lipinski definition) is 4. The van der Waals surface area contributed by atoms with E-state index >= 15 is 0 Å². The van der Waals surface area contributed by atoms with Gasteiger partial charge in [0.1, 0.15) is 16.2 Å². The van der Waals surface area contributed by atoms with Crippen molar-refractivity contribution >= 4 is 62.4 Å². The number of halogens is 3. The minimum Gasteiger partial charge on any atom is -0.498 e. The van der Waals surface area contributed by atoms with Crippen LogP contribution >= 0.6 is 39.1 Å². The first-order chi connectivity index (χ1) is 16.6. The molecule has 1 saturated heterocycles. The predicted molar refractivity (Wildman–Crippen MR) is 153 cm³/mol. The van der Waals surface area contributed by atoms with Crippen LogP contribution in [0.4, 0.5) is 0 Å². The molecule has 2 aliphatic heterocycles. The van der Waals surface area contributed by atoms with Crippen LogP contribution in [0.5, 0.6) is 0 Å². The maximum atomic E-state index is 14.2. The summed E-state index contributed by atoms with van der Waals surface area (Å²) in [4.78, 5) is 0.122. The van der Waals surface area contributed by atoms with Gasteiger partial charge in [0.25, 0.3) is 0 Å². The third-order valence-corrected chi connectivity index (χ3v) is 15.1. The van der Waals surface area contributed by atoms with Crippen LogP contribution in [0.2, 0.25) is 28.2 Å². The van der Waals surface area contributed by atoms with Gasteiger partial charge in [-0.3, -0.25) is 0 Å². The van der Waals surface area contributed by atoms with Gasteiger partial charge in [-0.1, -0.05) is 72.0 Å². The van der Waals surface area contributed by atoms with Crippen molar-refractivity contribution in [3.05, 3.63) is 73.9 Å². The number of hydrogen-bond donors (Lipinski definition) is 0. The van der Waals surface area contributed by atoms with Gasteiger partial charge in [0, 0.05) is 33.0 Å². The molecule has 2 aromatic carbocycles. The third-order valence-electron chi connectivity index (χ3n) is 7.60. The normalized spacial score (nSPS) is 24.3. The highest BCUT2D eigenvalue weighted by Gasteiger charge is 2.63. The molecule has 0 N–H and O–H groups in total. The fourth-order valence-electron chi connectivity index (χ4n) is 4.98. The molecule has 0 saturated carbocycles. The lowest BCUT2D eigenvalue weighted by Crippen LogP contribution is -2.45. The Labute approximate surface area is 234 Å². The predicted octanol–water partition coefficient (Wildman–Crippen LogP) is 7.49. The molecule has 36 heavy (non-hydrogen) atoms. The van der Waals surface area contributed by atoms with Crippen molar-refractivity contribution in [3.8, 4) is 0 Å². The van der Waals surface area contributed by atoms with Crippen LogP contribution in [0, 0.1) is 0 Å². The maximum Gasteiger partial charge on any atom is 0.248 e. The summed E-state index contributed by atoms with van der Waals surface area (Å²) in [5.74, 6) is 0.407. The van der Waals surface area contributed by atoms with Crippen LogP contribution in [0.1, 0.15) is 38.3 Å². The summed E-state index contributed by atoms with van der Waals surface area (Å²) in [6.45, 7) is 11.2. The molecule has 5 nitrogen and oxygen atoms in total. The monoisotopic (exact) mass is 631 g/mol. The van der Waals surface area contributed by atoms with E-state index in [0.29, 0.717) is 34.2 Å². The molecule has 2 atom stereocenters. The standard InChI is InChI=1S/C26H32BrCl2NO4SSi/c1-25(2,3)36(5,6)34-22-15-26(14-17-7-9-19(27)10-8-17)24(33-4)23(35(31,32)30(26)16-22)18-11-20(28)13-21(29)12-18/h7-13,22H,14-16H2,1-6H3/t22-,26+/m1/s1. The van der Waals surface area contributed by atoms with Gasteiger partial charge in [-0.25, -0.2) is 8.42 Å². The summed E-state index contributed by atoms with van der Waals surface area (Å²) in [6.07, 6.45) is 0.707. The van der Waals surface area contributed by atoms with Crippen LogP contribution in [0.3, 0.4) is 0 Å². The van der Waals surface area contributed by atoms with Crippen LogP contribution in [-0.4, -0.2) is 46.3 Å². The van der Waals surface area contributed by atoms with Crippen LogP contribution in [-0.2, 0) is 25.6 Å². The lowest BCUT2D eigenvalue weighted by atomic mass is 9.85. The van der Waals surface area contributed by atoms with Crippen molar-refractivity contribution in [1.82, 2.24) is 4.31 Å². The molecule has 2 aromatic rings. The van der Waals surface area contributed by atoms with Crippen LogP contribution in [0.15, 0.2) is 52.7 Å². The second kappa shape index (κ2) is 9.70. The van der Waals surface area contributed by atoms with E-state index in [1.807, 2.05) is 24.3 Å². The van der Waals surface area contributed by atoms with Gasteiger partial charge in [-0.05, 0) is 60.4 Å². The molecule has 0 amide bonds. The molecule has 1 fully saturated rings. The van der Waals surface area contributed by atoms with E-state index in [1.165, 1.54) is 7.11 Å². The minimum atomic E-state index is -3.93. The molecule has 0 bridgehead atoms. The van der Waals surface area contributed by atoms with Gasteiger partial charge in [0.15, 0.2) is 8.32 Å². The van der Waals surface area contributed by atoms with E-state index in [-0.39, 0.29) is 22.6 Å². The van der Waals surface area contributed by atoms with E-state index in [4.69, 9.17) is 32.4 Å². The van der Waals surface area contributed by atoms with Gasteiger partial charge in [0.2, 0.25) is 10.0 Å². The van der Waals surface area contributed by atoms with Crippen molar-refractivity contribution < 1.29 is 17.6 Å². The first-order valence-corrected chi connectivity index (χ1v) is 17.7. The summed E-state index contributed by atoms with van der Waals surface area (Å²) < 4.78 is 43.6. The number of rotatable bonds is 6. The summed E-state index contributed by atoms with van der Waals surface area (Å²) in [5, 5.41) is 0.730. The molecule has 2 aliphatic rings. The third kappa shape index (κ3) is 4.95. The number of methoxy groups -OCH3 is 1. The average Bonchev–Trinajstić information content (AvgIpc) is 3.17. The first kappa shape index (κ1) is 28.1. The Morgan fingerprint density at radius 1 is 1.11 bits per heavy atom. The van der Waals surface area contributed by atoms with Crippen LogP contribution < -0.4 is 0 Å². The Kier molecular flexibility index (Phi) is 7.59. The molecule has 2 heterocycles. The minimum absolute atomic E-state index is 0.000398. The summed E-state index contributed by atoms with van der Waals surface area (Å²) in [5.41, 5.74) is 0.514. The summed E-state index contributed by atoms with van der Waals surface area (Å²) >= 11 is 16.0. The lowest BCUT2D eigenvalue weighted by Gasteiger charge is -2.38. The van der Waals surface area contributed by atoms with Crippen molar-refractivity contribution in [3.63, 3.8) is 0 Å². The highest BCUT2D eigenvalue weighted by atomic mass is 79.9. The highest BCUT2D eigenvalue weighted by molar-refractivity contribution is 9.10. The SMILES string of the molecule is COC1=C(c2cc(Cl)cc(Cl)c2)S(=O)(=O)N2C[C@H](O[Si](C)(C)C(C)(C)C)C[C@@]12Cc1ccc(Br)cc1. The second-order valence-corrected chi connectivity index (χ2v) is 19.4. The van der Waals surface area contributed by atoms with Gasteiger partial charge < -0.3 is 9.16 Å². The maximum absolute atomic E-state index is 14.2. The van der Waals surface area contributed by atoms with Crippen molar-refractivity contribution in [2.24, 2.45) is 0 Å². The Bertz CT molecular complexity index is 1290. The van der Waals surface area contributed by atoms with E-state index in [0.717, 1.165) is 10.0 Å². The number of nitrogens with zero attached hydrogens (tertiary/aromatic N) is 1. The molecule has 0 aromatic heterocycles. The zero-order valence-corrected chi connectivity index (χ0v) is 26.3. The van der Waals surface area contributed by atoms with E-state index < -0.39 is 23.9 Å². The molecule has 0 spiro atoms. The Morgan fingerprint density at radius 3 is 2.22 bits per heavy atom. The average molecular weight is 634 g/mol. The number of ether oxygens (including phenoxy) is 1. The quantitative estimate of drug-likeness (QED) is 0.310. The zero-order valence-electron chi connectivity index (χ0n) is 21.4. The van der Waals surface area contributed by atoms with Gasteiger partial charge in [0.05, 0.1) is 13.2 Å². The van der Waals surface area contributed by atoms with Crippen molar-refractivity contribution in [2.75, 3.05) is 13.7 Å². The Hall–Kier alpha value is -0.873. The summed E-state index contributed by atoms with van der Waals surface area (Å²) in [7, 11) is -4.54. The fraction of sp³-hybridized carbons (Fsp3) is 0.462. The van der Waals surface area contributed by atoms with Gasteiger partial charge >= 0.3 is 0 Å². The highest BCUT2D eigenvalue weighted by Crippen LogP contribution is 2.54. The van der Waals surface area contributed by atoms with Crippen molar-refractivity contribution in [2.45, 2.75) is 63.4 Å². The van der Waals surface area contributed by atoms with Gasteiger partial charge in [-0.2, -0.15) is 4.31 Å². The van der Waals surface area contributed by atoms with E-state index in [2.05, 4.69) is 49.8 Å². The molecular weight excluding hydrogens is 601 g/mol. The molecule has 0 aliphatic carbocycles. The molecule has 196 valence electrons. The molecular formula is C26H32BrCl2NO4SSi. The largest absolute Gasteiger partial charge is 0.498 e. The second-order valence-electron chi connectivity index (χ2n) is 11.1. The number of fused-ring (bicyclic) bond motifs is 1. The van der Waals surface area contributed by atoms with Crippen LogP contribution in [0.25, 0.3) is 4.91 Å². The first-order valence-electron chi connectivity index (χ1n) is 11.8. The zero-order chi connectivity index (χ0) is 26.7.